The van der Waals surface area contributed by atoms with Gasteiger partial charge in [-0.15, -0.1) is 0 Å². The summed E-state index contributed by atoms with van der Waals surface area (Å²) in [4.78, 5) is 22.2. The van der Waals surface area contributed by atoms with Crippen LogP contribution in [0.25, 0.3) is 0 Å². The molecule has 0 radical (unpaired) electrons. The Hall–Kier alpha value is -1.88. The van der Waals surface area contributed by atoms with Gasteiger partial charge in [-0.3, -0.25) is 4.79 Å². The van der Waals surface area contributed by atoms with Gasteiger partial charge in [0.15, 0.2) is 0 Å². The van der Waals surface area contributed by atoms with Crippen LogP contribution in [0.4, 0.5) is 0 Å². The number of hydrogen-bond acceptors (Lipinski definition) is 3. The van der Waals surface area contributed by atoms with Gasteiger partial charge in [-0.1, -0.05) is 0 Å². The van der Waals surface area contributed by atoms with Gasteiger partial charge in [0.25, 0.3) is 5.91 Å². The quantitative estimate of drug-likeness (QED) is 0.728. The summed E-state index contributed by atoms with van der Waals surface area (Å²) in [6.45, 7) is 1.13. The molecule has 0 aliphatic heterocycles. The first-order valence-electron chi connectivity index (χ1n) is 5.25. The molecule has 0 heterocycles. The number of amides is 1. The van der Waals surface area contributed by atoms with E-state index in [9.17, 15) is 9.59 Å². The van der Waals surface area contributed by atoms with E-state index in [1.165, 1.54) is 24.3 Å². The van der Waals surface area contributed by atoms with E-state index in [0.717, 1.165) is 6.42 Å². The molecular formula is C12H15NO4. The standard InChI is InChI=1S/C12H15NO4/c1-17-8-2-7-13-11(14)9-3-5-10(6-4-9)12(15)16/h3-6H,2,7-8H2,1H3,(H,13,14)(H,15,16). The highest BCUT2D eigenvalue weighted by molar-refractivity contribution is 5.95. The number of methoxy groups -OCH3 is 1. The second-order valence-electron chi connectivity index (χ2n) is 3.48. The third-order valence-electron chi connectivity index (χ3n) is 2.20. The summed E-state index contributed by atoms with van der Waals surface area (Å²) >= 11 is 0. The first-order valence-corrected chi connectivity index (χ1v) is 5.25. The zero-order chi connectivity index (χ0) is 12.7. The van der Waals surface area contributed by atoms with Crippen LogP contribution in [0, 0.1) is 0 Å². The number of rotatable bonds is 6. The second-order valence-corrected chi connectivity index (χ2v) is 3.48. The lowest BCUT2D eigenvalue weighted by molar-refractivity contribution is 0.0696. The molecule has 0 aliphatic carbocycles. The van der Waals surface area contributed by atoms with Crippen LogP contribution < -0.4 is 5.32 Å². The van der Waals surface area contributed by atoms with Crippen LogP contribution in [-0.2, 0) is 4.74 Å². The molecule has 0 bridgehead atoms. The molecule has 0 unspecified atom stereocenters. The van der Waals surface area contributed by atoms with Gasteiger partial charge in [0.05, 0.1) is 5.56 Å². The van der Waals surface area contributed by atoms with Gasteiger partial charge in [-0.25, -0.2) is 4.79 Å². The van der Waals surface area contributed by atoms with Gasteiger partial charge in [0.2, 0.25) is 0 Å². The minimum atomic E-state index is -1.00. The van der Waals surface area contributed by atoms with Crippen molar-refractivity contribution < 1.29 is 19.4 Å². The van der Waals surface area contributed by atoms with Gasteiger partial charge in [-0.05, 0) is 30.7 Å². The Morgan fingerprint density at radius 1 is 1.24 bits per heavy atom. The maximum atomic E-state index is 11.6. The summed E-state index contributed by atoms with van der Waals surface area (Å²) in [5, 5.41) is 11.4. The van der Waals surface area contributed by atoms with Crippen molar-refractivity contribution in [2.45, 2.75) is 6.42 Å². The smallest absolute Gasteiger partial charge is 0.335 e. The number of carbonyl (C=O) groups is 2. The molecule has 0 aromatic heterocycles. The average molecular weight is 237 g/mol. The van der Waals surface area contributed by atoms with Gasteiger partial charge in [0, 0.05) is 25.8 Å². The minimum Gasteiger partial charge on any atom is -0.478 e. The maximum absolute atomic E-state index is 11.6. The molecule has 1 amide bonds. The third kappa shape index (κ3) is 4.24. The Kier molecular flexibility index (Phi) is 5.16. The monoisotopic (exact) mass is 237 g/mol. The summed E-state index contributed by atoms with van der Waals surface area (Å²) in [6, 6.07) is 5.81. The maximum Gasteiger partial charge on any atom is 0.335 e. The molecule has 92 valence electrons. The summed E-state index contributed by atoms with van der Waals surface area (Å²) in [7, 11) is 1.60. The third-order valence-corrected chi connectivity index (χ3v) is 2.20. The highest BCUT2D eigenvalue weighted by Gasteiger charge is 2.06. The molecule has 17 heavy (non-hydrogen) atoms. The Balaban J connectivity index is 2.49. The number of carboxylic acids is 1. The van der Waals surface area contributed by atoms with Crippen molar-refractivity contribution in [1.29, 1.82) is 0 Å². The van der Waals surface area contributed by atoms with Crippen LogP contribution in [0.5, 0.6) is 0 Å². The van der Waals surface area contributed by atoms with Gasteiger partial charge in [-0.2, -0.15) is 0 Å². The Morgan fingerprint density at radius 3 is 2.35 bits per heavy atom. The lowest BCUT2D eigenvalue weighted by Gasteiger charge is -2.04. The normalized spacial score (nSPS) is 9.94. The number of hydrogen-bond donors (Lipinski definition) is 2. The fourth-order valence-electron chi connectivity index (χ4n) is 1.28. The first kappa shape index (κ1) is 13.2. The van der Waals surface area contributed by atoms with Crippen molar-refractivity contribution in [3.63, 3.8) is 0 Å². The van der Waals surface area contributed by atoms with E-state index in [0.29, 0.717) is 18.7 Å². The van der Waals surface area contributed by atoms with E-state index in [1.807, 2.05) is 0 Å². The zero-order valence-electron chi connectivity index (χ0n) is 9.60. The Bertz CT molecular complexity index is 386. The molecule has 2 N–H and O–H groups in total. The molecule has 0 atom stereocenters. The topological polar surface area (TPSA) is 75.6 Å². The number of aromatic carboxylic acids is 1. The number of carboxylic acid groups (broad SMARTS) is 1. The molecular weight excluding hydrogens is 222 g/mol. The Morgan fingerprint density at radius 2 is 1.82 bits per heavy atom. The zero-order valence-corrected chi connectivity index (χ0v) is 9.60. The van der Waals surface area contributed by atoms with Gasteiger partial charge < -0.3 is 15.2 Å². The average Bonchev–Trinajstić information content (AvgIpc) is 2.34. The highest BCUT2D eigenvalue weighted by atomic mass is 16.5. The summed E-state index contributed by atoms with van der Waals surface area (Å²) in [5.74, 6) is -1.21. The molecule has 5 heteroatoms. The lowest BCUT2D eigenvalue weighted by Crippen LogP contribution is -2.25. The summed E-state index contributed by atoms with van der Waals surface area (Å²) in [5.41, 5.74) is 0.619. The van der Waals surface area contributed by atoms with Crippen LogP contribution in [0.15, 0.2) is 24.3 Å². The first-order chi connectivity index (χ1) is 8.15. The molecule has 5 nitrogen and oxygen atoms in total. The molecule has 0 aliphatic rings. The molecule has 0 saturated carbocycles. The van der Waals surface area contributed by atoms with Crippen molar-refractivity contribution in [3.8, 4) is 0 Å². The van der Waals surface area contributed by atoms with Gasteiger partial charge in [0.1, 0.15) is 0 Å². The molecule has 1 rings (SSSR count). The molecule has 1 aromatic carbocycles. The predicted molar refractivity (Wildman–Crippen MR) is 62.2 cm³/mol. The second kappa shape index (κ2) is 6.65. The van der Waals surface area contributed by atoms with Crippen molar-refractivity contribution >= 4 is 11.9 Å². The Labute approximate surface area is 99.4 Å². The SMILES string of the molecule is COCCCNC(=O)c1ccc(C(=O)O)cc1. The molecule has 1 aromatic rings. The highest BCUT2D eigenvalue weighted by Crippen LogP contribution is 2.04. The fraction of sp³-hybridized carbons (Fsp3) is 0.333. The summed E-state index contributed by atoms with van der Waals surface area (Å²) in [6.07, 6.45) is 0.745. The van der Waals surface area contributed by atoms with E-state index >= 15 is 0 Å². The van der Waals surface area contributed by atoms with Crippen molar-refractivity contribution in [2.24, 2.45) is 0 Å². The largest absolute Gasteiger partial charge is 0.478 e. The van der Waals surface area contributed by atoms with Crippen molar-refractivity contribution in [1.82, 2.24) is 5.32 Å². The minimum absolute atomic E-state index is 0.168. The van der Waals surface area contributed by atoms with Gasteiger partial charge >= 0.3 is 5.97 Å². The van der Waals surface area contributed by atoms with Crippen LogP contribution in [0.2, 0.25) is 0 Å². The van der Waals surface area contributed by atoms with E-state index < -0.39 is 5.97 Å². The van der Waals surface area contributed by atoms with E-state index in [4.69, 9.17) is 9.84 Å². The van der Waals surface area contributed by atoms with Crippen molar-refractivity contribution in [3.05, 3.63) is 35.4 Å². The fourth-order valence-corrected chi connectivity index (χ4v) is 1.28. The van der Waals surface area contributed by atoms with E-state index in [-0.39, 0.29) is 11.5 Å². The number of benzene rings is 1. The van der Waals surface area contributed by atoms with Crippen molar-refractivity contribution in [2.75, 3.05) is 20.3 Å². The van der Waals surface area contributed by atoms with Crippen LogP contribution in [-0.4, -0.2) is 37.2 Å². The number of ether oxygens (including phenoxy) is 1. The van der Waals surface area contributed by atoms with E-state index in [2.05, 4.69) is 5.32 Å². The predicted octanol–water partition coefficient (Wildman–Crippen LogP) is 1.15. The molecule has 0 fully saturated rings. The number of nitrogens with one attached hydrogen (secondary N) is 1. The number of carbonyl (C=O) groups excluding carboxylic acids is 1. The van der Waals surface area contributed by atoms with Crippen LogP contribution in [0.1, 0.15) is 27.1 Å². The molecule has 0 saturated heterocycles. The van der Waals surface area contributed by atoms with Crippen LogP contribution >= 0.6 is 0 Å². The van der Waals surface area contributed by atoms with E-state index in [1.54, 1.807) is 7.11 Å². The van der Waals surface area contributed by atoms with Crippen LogP contribution in [0.3, 0.4) is 0 Å². The lowest BCUT2D eigenvalue weighted by atomic mass is 10.1. The summed E-state index contributed by atoms with van der Waals surface area (Å²) < 4.78 is 4.85. The molecule has 0 spiro atoms.